The van der Waals surface area contributed by atoms with Crippen LogP contribution in [0.3, 0.4) is 0 Å². The summed E-state index contributed by atoms with van der Waals surface area (Å²) in [6, 6.07) is 6.32. The highest BCUT2D eigenvalue weighted by Crippen LogP contribution is 2.28. The van der Waals surface area contributed by atoms with Crippen molar-refractivity contribution < 1.29 is 9.53 Å². The number of benzene rings is 1. The molecule has 1 aliphatic heterocycles. The van der Waals surface area contributed by atoms with Gasteiger partial charge in [-0.2, -0.15) is 0 Å². The van der Waals surface area contributed by atoms with Crippen LogP contribution < -0.4 is 5.32 Å². The lowest BCUT2D eigenvalue weighted by molar-refractivity contribution is 0.174. The second-order valence-electron chi connectivity index (χ2n) is 6.29. The molecule has 3 rings (SSSR count). The summed E-state index contributed by atoms with van der Waals surface area (Å²) in [5.41, 5.74) is 2.19. The maximum absolute atomic E-state index is 11.6. The molecular weight excluding hydrogens is 322 g/mol. The second-order valence-corrected chi connectivity index (χ2v) is 7.32. The lowest BCUT2D eigenvalue weighted by atomic mass is 9.99. The molecular formula is C18H23N3O2S. The smallest absolute Gasteiger partial charge is 0.413 e. The van der Waals surface area contributed by atoms with E-state index in [0.29, 0.717) is 5.13 Å². The summed E-state index contributed by atoms with van der Waals surface area (Å²) in [6.07, 6.45) is 3.59. The molecule has 0 spiro atoms. The number of piperidine rings is 1. The molecule has 1 N–H and O–H groups in total. The minimum atomic E-state index is -0.503. The number of hydrogen-bond donors (Lipinski definition) is 1. The molecule has 0 bridgehead atoms. The van der Waals surface area contributed by atoms with Crippen LogP contribution in [0.25, 0.3) is 10.2 Å². The van der Waals surface area contributed by atoms with Crippen LogP contribution in [0, 0.1) is 5.92 Å². The standard InChI is InChI=1S/C18H23N3O2S/c1-3-10-23-18(22)20-17-19-15-5-4-14(11-16(15)24-17)12-21-8-6-13(2)7-9-21/h3-5,11,13H,1,6-10,12H2,2H3,(H,19,20,22). The van der Waals surface area contributed by atoms with Crippen LogP contribution in [-0.2, 0) is 11.3 Å². The van der Waals surface area contributed by atoms with Gasteiger partial charge in [-0.15, -0.1) is 0 Å². The van der Waals surface area contributed by atoms with Gasteiger partial charge in [0.05, 0.1) is 10.2 Å². The van der Waals surface area contributed by atoms with E-state index in [1.54, 1.807) is 0 Å². The fourth-order valence-corrected chi connectivity index (χ4v) is 3.77. The molecule has 1 saturated heterocycles. The number of rotatable bonds is 5. The van der Waals surface area contributed by atoms with E-state index in [4.69, 9.17) is 4.74 Å². The summed E-state index contributed by atoms with van der Waals surface area (Å²) in [5.74, 6) is 0.847. The molecule has 0 atom stereocenters. The van der Waals surface area contributed by atoms with Crippen molar-refractivity contribution in [2.24, 2.45) is 5.92 Å². The fraction of sp³-hybridized carbons (Fsp3) is 0.444. The van der Waals surface area contributed by atoms with E-state index in [1.165, 1.54) is 48.9 Å². The van der Waals surface area contributed by atoms with Gasteiger partial charge in [0.15, 0.2) is 5.13 Å². The predicted octanol–water partition coefficient (Wildman–Crippen LogP) is 4.26. The van der Waals surface area contributed by atoms with Gasteiger partial charge in [0.2, 0.25) is 0 Å². The molecule has 1 fully saturated rings. The maximum atomic E-state index is 11.6. The van der Waals surface area contributed by atoms with Gasteiger partial charge in [0.1, 0.15) is 6.61 Å². The van der Waals surface area contributed by atoms with Crippen molar-refractivity contribution in [2.45, 2.75) is 26.3 Å². The Bertz CT molecular complexity index is 720. The Morgan fingerprint density at radius 1 is 1.50 bits per heavy atom. The number of thiazole rings is 1. The molecule has 2 heterocycles. The average Bonchev–Trinajstić information content (AvgIpc) is 2.96. The fourth-order valence-electron chi connectivity index (χ4n) is 2.86. The Morgan fingerprint density at radius 2 is 2.29 bits per heavy atom. The van der Waals surface area contributed by atoms with Crippen molar-refractivity contribution in [3.8, 4) is 0 Å². The number of likely N-dealkylation sites (tertiary alicyclic amines) is 1. The highest BCUT2D eigenvalue weighted by atomic mass is 32.1. The van der Waals surface area contributed by atoms with Crippen molar-refractivity contribution >= 4 is 32.8 Å². The number of aromatic nitrogens is 1. The van der Waals surface area contributed by atoms with Gasteiger partial charge in [0.25, 0.3) is 0 Å². The van der Waals surface area contributed by atoms with Crippen LogP contribution in [-0.4, -0.2) is 35.7 Å². The molecule has 1 aliphatic rings. The number of ether oxygens (including phenoxy) is 1. The number of fused-ring (bicyclic) bond motifs is 1. The van der Waals surface area contributed by atoms with E-state index in [0.717, 1.165) is 22.7 Å². The monoisotopic (exact) mass is 345 g/mol. The first-order valence-electron chi connectivity index (χ1n) is 8.30. The molecule has 128 valence electrons. The minimum Gasteiger partial charge on any atom is -0.445 e. The Morgan fingerprint density at radius 3 is 3.04 bits per heavy atom. The first-order chi connectivity index (χ1) is 11.6. The maximum Gasteiger partial charge on any atom is 0.413 e. The van der Waals surface area contributed by atoms with E-state index < -0.39 is 6.09 Å². The van der Waals surface area contributed by atoms with Crippen LogP contribution >= 0.6 is 11.3 Å². The Hall–Kier alpha value is -1.92. The SMILES string of the molecule is C=CCOC(=O)Nc1nc2ccc(CN3CCC(C)CC3)cc2s1. The zero-order valence-electron chi connectivity index (χ0n) is 14.0. The Labute approximate surface area is 146 Å². The number of carbonyl (C=O) groups is 1. The van der Waals surface area contributed by atoms with Crippen LogP contribution in [0.15, 0.2) is 30.9 Å². The first-order valence-corrected chi connectivity index (χ1v) is 9.12. The lowest BCUT2D eigenvalue weighted by Crippen LogP contribution is -2.32. The molecule has 24 heavy (non-hydrogen) atoms. The third-order valence-electron chi connectivity index (χ3n) is 4.28. The van der Waals surface area contributed by atoms with Gasteiger partial charge in [-0.1, -0.05) is 37.0 Å². The number of carbonyl (C=O) groups excluding carboxylic acids is 1. The van der Waals surface area contributed by atoms with Crippen LogP contribution in [0.2, 0.25) is 0 Å². The molecule has 1 amide bonds. The van der Waals surface area contributed by atoms with Crippen molar-refractivity contribution in [2.75, 3.05) is 25.0 Å². The van der Waals surface area contributed by atoms with Gasteiger partial charge in [0, 0.05) is 6.54 Å². The third-order valence-corrected chi connectivity index (χ3v) is 5.21. The van der Waals surface area contributed by atoms with Crippen LogP contribution in [0.5, 0.6) is 0 Å². The number of hydrogen-bond acceptors (Lipinski definition) is 5. The van der Waals surface area contributed by atoms with Crippen molar-refractivity contribution in [3.05, 3.63) is 36.4 Å². The molecule has 0 saturated carbocycles. The summed E-state index contributed by atoms with van der Waals surface area (Å²) < 4.78 is 6.00. The largest absolute Gasteiger partial charge is 0.445 e. The molecule has 0 radical (unpaired) electrons. The first kappa shape index (κ1) is 16.9. The van der Waals surface area contributed by atoms with Crippen LogP contribution in [0.4, 0.5) is 9.93 Å². The molecule has 5 nitrogen and oxygen atoms in total. The van der Waals surface area contributed by atoms with E-state index in [-0.39, 0.29) is 6.61 Å². The lowest BCUT2D eigenvalue weighted by Gasteiger charge is -2.30. The van der Waals surface area contributed by atoms with Crippen molar-refractivity contribution in [1.82, 2.24) is 9.88 Å². The van der Waals surface area contributed by atoms with Crippen molar-refractivity contribution in [3.63, 3.8) is 0 Å². The minimum absolute atomic E-state index is 0.190. The Balaban J connectivity index is 1.65. The van der Waals surface area contributed by atoms with Gasteiger partial charge in [-0.25, -0.2) is 9.78 Å². The zero-order valence-corrected chi connectivity index (χ0v) is 14.8. The summed E-state index contributed by atoms with van der Waals surface area (Å²) in [5, 5.41) is 3.22. The second kappa shape index (κ2) is 7.77. The number of anilines is 1. The number of nitrogens with one attached hydrogen (secondary N) is 1. The highest BCUT2D eigenvalue weighted by molar-refractivity contribution is 7.22. The number of nitrogens with zero attached hydrogens (tertiary/aromatic N) is 2. The molecule has 6 heteroatoms. The molecule has 1 aromatic carbocycles. The molecule has 1 aromatic heterocycles. The van der Waals surface area contributed by atoms with Gasteiger partial charge in [-0.3, -0.25) is 10.2 Å². The van der Waals surface area contributed by atoms with Crippen molar-refractivity contribution in [1.29, 1.82) is 0 Å². The Kier molecular flexibility index (Phi) is 5.48. The highest BCUT2D eigenvalue weighted by Gasteiger charge is 2.16. The summed E-state index contributed by atoms with van der Waals surface area (Å²) in [6.45, 7) is 9.35. The van der Waals surface area contributed by atoms with Gasteiger partial charge in [-0.05, 0) is 49.5 Å². The molecule has 2 aromatic rings. The zero-order chi connectivity index (χ0) is 16.9. The van der Waals surface area contributed by atoms with E-state index in [1.807, 2.05) is 6.07 Å². The average molecular weight is 345 g/mol. The van der Waals surface area contributed by atoms with E-state index >= 15 is 0 Å². The van der Waals surface area contributed by atoms with E-state index in [2.05, 4.69) is 40.8 Å². The normalized spacial score (nSPS) is 16.2. The topological polar surface area (TPSA) is 54.5 Å². The predicted molar refractivity (Wildman–Crippen MR) is 98.5 cm³/mol. The van der Waals surface area contributed by atoms with E-state index in [9.17, 15) is 4.79 Å². The van der Waals surface area contributed by atoms with Crippen LogP contribution in [0.1, 0.15) is 25.3 Å². The summed E-state index contributed by atoms with van der Waals surface area (Å²) in [4.78, 5) is 18.5. The molecule has 0 unspecified atom stereocenters. The summed E-state index contributed by atoms with van der Waals surface area (Å²) >= 11 is 1.47. The third kappa shape index (κ3) is 4.33. The molecule has 0 aliphatic carbocycles. The van der Waals surface area contributed by atoms with Gasteiger partial charge >= 0.3 is 6.09 Å². The summed E-state index contributed by atoms with van der Waals surface area (Å²) in [7, 11) is 0. The quantitative estimate of drug-likeness (QED) is 0.823. The van der Waals surface area contributed by atoms with Gasteiger partial charge < -0.3 is 4.74 Å². The number of amides is 1.